The summed E-state index contributed by atoms with van der Waals surface area (Å²) in [6.45, 7) is 2.02. The molecule has 0 aromatic heterocycles. The van der Waals surface area contributed by atoms with Crippen molar-refractivity contribution in [3.63, 3.8) is 0 Å². The second kappa shape index (κ2) is 7.79. The Balaban J connectivity index is 1.91. The molecule has 1 atom stereocenters. The van der Waals surface area contributed by atoms with Crippen LogP contribution in [0.2, 0.25) is 0 Å². The highest BCUT2D eigenvalue weighted by molar-refractivity contribution is 5.80. The van der Waals surface area contributed by atoms with Crippen LogP contribution >= 0.6 is 0 Å². The molecule has 1 aliphatic rings. The Morgan fingerprint density at radius 3 is 2.77 bits per heavy atom. The van der Waals surface area contributed by atoms with Gasteiger partial charge in [0, 0.05) is 26.7 Å². The van der Waals surface area contributed by atoms with Gasteiger partial charge in [0.1, 0.15) is 0 Å². The normalized spacial score (nSPS) is 18.0. The zero-order chi connectivity index (χ0) is 15.9. The van der Waals surface area contributed by atoms with E-state index in [1.54, 1.807) is 7.11 Å². The first kappa shape index (κ1) is 16.3. The number of carbonyl (C=O) groups is 2. The lowest BCUT2D eigenvalue weighted by atomic mass is 9.97. The van der Waals surface area contributed by atoms with Crippen LogP contribution in [0, 0.1) is 5.92 Å². The van der Waals surface area contributed by atoms with Gasteiger partial charge in [-0.15, -0.1) is 0 Å². The molecule has 0 saturated carbocycles. The molecular weight excluding hydrogens is 282 g/mol. The lowest BCUT2D eigenvalue weighted by Crippen LogP contribution is -2.47. The van der Waals surface area contributed by atoms with Gasteiger partial charge in [0.15, 0.2) is 0 Å². The number of hydrogen-bond donors (Lipinski definition) is 2. The fourth-order valence-corrected chi connectivity index (χ4v) is 2.74. The zero-order valence-corrected chi connectivity index (χ0v) is 12.9. The first-order valence-electron chi connectivity index (χ1n) is 7.49. The minimum absolute atomic E-state index is 0.0295. The van der Waals surface area contributed by atoms with E-state index < -0.39 is 6.03 Å². The standard InChI is InChI=1S/C16H23N3O3/c1-22-11-14-6-3-2-5-12(14)9-18-15(20)13-7-4-8-19(10-13)16(17)21/h2-3,5-6,13H,4,7-11H2,1H3,(H2,17,21)(H,18,20)/t13-/m0/s1. The number of primary amides is 1. The molecular formula is C16H23N3O3. The number of amides is 3. The second-order valence-electron chi connectivity index (χ2n) is 5.54. The molecule has 120 valence electrons. The third-order valence-corrected chi connectivity index (χ3v) is 3.98. The number of benzene rings is 1. The van der Waals surface area contributed by atoms with Crippen molar-refractivity contribution in [2.24, 2.45) is 11.7 Å². The molecule has 1 fully saturated rings. The van der Waals surface area contributed by atoms with Gasteiger partial charge in [-0.2, -0.15) is 0 Å². The molecule has 3 amide bonds. The maximum absolute atomic E-state index is 12.3. The number of rotatable bonds is 5. The molecule has 1 aliphatic heterocycles. The lowest BCUT2D eigenvalue weighted by molar-refractivity contribution is -0.126. The van der Waals surface area contributed by atoms with E-state index in [4.69, 9.17) is 10.5 Å². The number of hydrogen-bond acceptors (Lipinski definition) is 3. The van der Waals surface area contributed by atoms with Crippen LogP contribution < -0.4 is 11.1 Å². The first-order chi connectivity index (χ1) is 10.6. The highest BCUT2D eigenvalue weighted by atomic mass is 16.5. The van der Waals surface area contributed by atoms with Gasteiger partial charge in [0.05, 0.1) is 12.5 Å². The van der Waals surface area contributed by atoms with Crippen LogP contribution in [-0.2, 0) is 22.7 Å². The van der Waals surface area contributed by atoms with E-state index in [1.165, 1.54) is 4.90 Å². The van der Waals surface area contributed by atoms with Gasteiger partial charge in [0.2, 0.25) is 5.91 Å². The zero-order valence-electron chi connectivity index (χ0n) is 12.9. The number of nitrogens with one attached hydrogen (secondary N) is 1. The quantitative estimate of drug-likeness (QED) is 0.858. The minimum Gasteiger partial charge on any atom is -0.380 e. The Morgan fingerprint density at radius 1 is 1.36 bits per heavy atom. The summed E-state index contributed by atoms with van der Waals surface area (Å²) in [6, 6.07) is 7.40. The Morgan fingerprint density at radius 2 is 2.09 bits per heavy atom. The van der Waals surface area contributed by atoms with Crippen molar-refractivity contribution in [3.05, 3.63) is 35.4 Å². The summed E-state index contributed by atoms with van der Waals surface area (Å²) in [5, 5.41) is 2.95. The maximum atomic E-state index is 12.3. The summed E-state index contributed by atoms with van der Waals surface area (Å²) in [6.07, 6.45) is 1.59. The number of urea groups is 1. The van der Waals surface area contributed by atoms with E-state index >= 15 is 0 Å². The lowest BCUT2D eigenvalue weighted by Gasteiger charge is -2.30. The third-order valence-electron chi connectivity index (χ3n) is 3.98. The van der Waals surface area contributed by atoms with Gasteiger partial charge >= 0.3 is 6.03 Å². The Hall–Kier alpha value is -2.08. The van der Waals surface area contributed by atoms with Gasteiger partial charge in [-0.25, -0.2) is 4.79 Å². The molecule has 1 saturated heterocycles. The Labute approximate surface area is 130 Å². The largest absolute Gasteiger partial charge is 0.380 e. The molecule has 0 unspecified atom stereocenters. The van der Waals surface area contributed by atoms with Gasteiger partial charge in [-0.05, 0) is 24.0 Å². The number of nitrogens with two attached hydrogens (primary N) is 1. The van der Waals surface area contributed by atoms with Crippen LogP contribution in [0.1, 0.15) is 24.0 Å². The predicted molar refractivity (Wildman–Crippen MR) is 82.9 cm³/mol. The van der Waals surface area contributed by atoms with Crippen molar-refractivity contribution in [2.75, 3.05) is 20.2 Å². The smallest absolute Gasteiger partial charge is 0.314 e. The number of likely N-dealkylation sites (tertiary alicyclic amines) is 1. The van der Waals surface area contributed by atoms with Crippen molar-refractivity contribution >= 4 is 11.9 Å². The fraction of sp³-hybridized carbons (Fsp3) is 0.500. The van der Waals surface area contributed by atoms with E-state index in [0.717, 1.165) is 24.0 Å². The topological polar surface area (TPSA) is 84.7 Å². The van der Waals surface area contributed by atoms with E-state index in [1.807, 2.05) is 24.3 Å². The molecule has 1 heterocycles. The van der Waals surface area contributed by atoms with E-state index in [0.29, 0.717) is 26.2 Å². The highest BCUT2D eigenvalue weighted by Crippen LogP contribution is 2.17. The average Bonchev–Trinajstić information content (AvgIpc) is 2.54. The van der Waals surface area contributed by atoms with Gasteiger partial charge in [-0.3, -0.25) is 4.79 Å². The SMILES string of the molecule is COCc1ccccc1CNC(=O)[C@H]1CCCN(C(N)=O)C1. The summed E-state index contributed by atoms with van der Waals surface area (Å²) in [7, 11) is 1.65. The van der Waals surface area contributed by atoms with Crippen molar-refractivity contribution in [1.29, 1.82) is 0 Å². The number of piperidine rings is 1. The molecule has 22 heavy (non-hydrogen) atoms. The summed E-state index contributed by atoms with van der Waals surface area (Å²) < 4.78 is 5.16. The summed E-state index contributed by atoms with van der Waals surface area (Å²) in [5.41, 5.74) is 7.39. The molecule has 0 spiro atoms. The van der Waals surface area contributed by atoms with Gasteiger partial charge in [-0.1, -0.05) is 24.3 Å². The molecule has 0 radical (unpaired) electrons. The molecule has 0 bridgehead atoms. The number of carbonyl (C=O) groups excluding carboxylic acids is 2. The first-order valence-corrected chi connectivity index (χ1v) is 7.49. The van der Waals surface area contributed by atoms with Crippen LogP contribution in [0.5, 0.6) is 0 Å². The molecule has 1 aromatic rings. The van der Waals surface area contributed by atoms with Crippen molar-refractivity contribution in [3.8, 4) is 0 Å². The second-order valence-corrected chi connectivity index (χ2v) is 5.54. The molecule has 1 aromatic carbocycles. The molecule has 3 N–H and O–H groups in total. The Bertz CT molecular complexity index is 533. The van der Waals surface area contributed by atoms with Crippen LogP contribution in [-0.4, -0.2) is 37.0 Å². The highest BCUT2D eigenvalue weighted by Gasteiger charge is 2.27. The van der Waals surface area contributed by atoms with Crippen LogP contribution in [0.3, 0.4) is 0 Å². The number of nitrogens with zero attached hydrogens (tertiary/aromatic N) is 1. The summed E-state index contributed by atoms with van der Waals surface area (Å²) in [4.78, 5) is 25.0. The van der Waals surface area contributed by atoms with Crippen LogP contribution in [0.15, 0.2) is 24.3 Å². The molecule has 2 rings (SSSR count). The van der Waals surface area contributed by atoms with Crippen LogP contribution in [0.4, 0.5) is 4.79 Å². The summed E-state index contributed by atoms with van der Waals surface area (Å²) in [5.74, 6) is -0.214. The number of methoxy groups -OCH3 is 1. The van der Waals surface area contributed by atoms with Crippen molar-refractivity contribution in [1.82, 2.24) is 10.2 Å². The van der Waals surface area contributed by atoms with Gasteiger partial charge in [0.25, 0.3) is 0 Å². The number of ether oxygens (including phenoxy) is 1. The van der Waals surface area contributed by atoms with E-state index in [2.05, 4.69) is 5.32 Å². The average molecular weight is 305 g/mol. The minimum atomic E-state index is -0.456. The maximum Gasteiger partial charge on any atom is 0.314 e. The van der Waals surface area contributed by atoms with Crippen molar-refractivity contribution < 1.29 is 14.3 Å². The van der Waals surface area contributed by atoms with E-state index in [-0.39, 0.29) is 11.8 Å². The summed E-state index contributed by atoms with van der Waals surface area (Å²) >= 11 is 0. The monoisotopic (exact) mass is 305 g/mol. The Kier molecular flexibility index (Phi) is 5.77. The fourth-order valence-electron chi connectivity index (χ4n) is 2.74. The van der Waals surface area contributed by atoms with E-state index in [9.17, 15) is 9.59 Å². The molecule has 0 aliphatic carbocycles. The predicted octanol–water partition coefficient (Wildman–Crippen LogP) is 1.24. The van der Waals surface area contributed by atoms with Gasteiger partial charge < -0.3 is 20.7 Å². The molecule has 6 heteroatoms. The van der Waals surface area contributed by atoms with Crippen LogP contribution in [0.25, 0.3) is 0 Å². The van der Waals surface area contributed by atoms with Crippen molar-refractivity contribution in [2.45, 2.75) is 26.0 Å². The third kappa shape index (κ3) is 4.21. The molecule has 6 nitrogen and oxygen atoms in total.